The zero-order valence-electron chi connectivity index (χ0n) is 17.3. The topological polar surface area (TPSA) is 70.7 Å². The van der Waals surface area contributed by atoms with Gasteiger partial charge >= 0.3 is 0 Å². The first-order valence-corrected chi connectivity index (χ1v) is 9.96. The molecule has 1 saturated heterocycles. The summed E-state index contributed by atoms with van der Waals surface area (Å²) in [6.07, 6.45) is 3.39. The third kappa shape index (κ3) is 6.19. The summed E-state index contributed by atoms with van der Waals surface area (Å²) in [5, 5.41) is 6.30. The molecule has 1 aromatic rings. The van der Waals surface area contributed by atoms with Crippen LogP contribution in [0.1, 0.15) is 49.9 Å². The summed E-state index contributed by atoms with van der Waals surface area (Å²) < 4.78 is 5.33. The van der Waals surface area contributed by atoms with Crippen LogP contribution in [0.25, 0.3) is 0 Å². The molecule has 1 aromatic carbocycles. The average Bonchev–Trinajstić information content (AvgIpc) is 2.69. The number of hydrogen-bond donors (Lipinski definition) is 2. The predicted molar refractivity (Wildman–Crippen MR) is 115 cm³/mol. The van der Waals surface area contributed by atoms with Gasteiger partial charge in [-0.15, -0.1) is 12.4 Å². The summed E-state index contributed by atoms with van der Waals surface area (Å²) in [5.41, 5.74) is 0.875. The number of ether oxygens (including phenoxy) is 1. The summed E-state index contributed by atoms with van der Waals surface area (Å²) in [6, 6.07) is 7.20. The first-order chi connectivity index (χ1) is 13.1. The normalized spacial score (nSPS) is 15.4. The maximum Gasteiger partial charge on any atom is 0.253 e. The van der Waals surface area contributed by atoms with Crippen molar-refractivity contribution in [1.82, 2.24) is 10.2 Å². The van der Waals surface area contributed by atoms with Crippen molar-refractivity contribution in [2.75, 3.05) is 45.2 Å². The second kappa shape index (κ2) is 12.0. The number of carbonyl (C=O) groups excluding carboxylic acids is 2. The standard InChI is InChI=1S/C21H33N3O3.ClH/c1-4-14-24(15-5-2)19(25)17-6-8-18(9-7-17)23-20(26)21(16-27-3)10-12-22-13-11-21;/h6-9,22H,4-5,10-16H2,1-3H3,(H,23,26);1H. The van der Waals surface area contributed by atoms with Crippen LogP contribution in [0.5, 0.6) is 0 Å². The third-order valence-electron chi connectivity index (χ3n) is 5.13. The Morgan fingerprint density at radius 2 is 1.68 bits per heavy atom. The Hall–Kier alpha value is -1.63. The molecular weight excluding hydrogens is 378 g/mol. The predicted octanol–water partition coefficient (Wildman–Crippen LogP) is 3.33. The summed E-state index contributed by atoms with van der Waals surface area (Å²) in [7, 11) is 1.63. The minimum atomic E-state index is -0.493. The highest BCUT2D eigenvalue weighted by Crippen LogP contribution is 2.31. The molecule has 1 aliphatic heterocycles. The van der Waals surface area contributed by atoms with Crippen LogP contribution in [-0.2, 0) is 9.53 Å². The molecule has 0 spiro atoms. The lowest BCUT2D eigenvalue weighted by molar-refractivity contribution is -0.130. The summed E-state index contributed by atoms with van der Waals surface area (Å²) in [6.45, 7) is 7.72. The van der Waals surface area contributed by atoms with Gasteiger partial charge in [0.05, 0.1) is 12.0 Å². The van der Waals surface area contributed by atoms with Crippen LogP contribution in [0, 0.1) is 5.41 Å². The van der Waals surface area contributed by atoms with Crippen LogP contribution in [0.15, 0.2) is 24.3 Å². The molecule has 0 atom stereocenters. The molecule has 6 nitrogen and oxygen atoms in total. The number of rotatable bonds is 9. The number of anilines is 1. The number of nitrogens with zero attached hydrogens (tertiary/aromatic N) is 1. The van der Waals surface area contributed by atoms with Crippen LogP contribution in [0.3, 0.4) is 0 Å². The molecule has 2 N–H and O–H groups in total. The van der Waals surface area contributed by atoms with Crippen molar-refractivity contribution in [3.8, 4) is 0 Å². The second-order valence-corrected chi connectivity index (χ2v) is 7.29. The lowest BCUT2D eigenvalue weighted by Gasteiger charge is -2.35. The molecule has 28 heavy (non-hydrogen) atoms. The van der Waals surface area contributed by atoms with Crippen molar-refractivity contribution in [3.05, 3.63) is 29.8 Å². The molecule has 0 aromatic heterocycles. The number of halogens is 1. The van der Waals surface area contributed by atoms with E-state index < -0.39 is 5.41 Å². The smallest absolute Gasteiger partial charge is 0.253 e. The molecule has 0 bridgehead atoms. The number of benzene rings is 1. The van der Waals surface area contributed by atoms with Crippen molar-refractivity contribution >= 4 is 29.9 Å². The SMILES string of the molecule is CCCN(CCC)C(=O)c1ccc(NC(=O)C2(COC)CCNCC2)cc1.Cl. The number of carbonyl (C=O) groups is 2. The maximum absolute atomic E-state index is 12.9. The van der Waals surface area contributed by atoms with E-state index in [1.54, 1.807) is 19.2 Å². The fraction of sp³-hybridized carbons (Fsp3) is 0.619. The Morgan fingerprint density at radius 1 is 1.11 bits per heavy atom. The van der Waals surface area contributed by atoms with Crippen LogP contribution >= 0.6 is 12.4 Å². The number of nitrogens with one attached hydrogen (secondary N) is 2. The molecule has 158 valence electrons. The van der Waals surface area contributed by atoms with E-state index in [0.717, 1.165) is 51.9 Å². The van der Waals surface area contributed by atoms with Crippen molar-refractivity contribution in [2.24, 2.45) is 5.41 Å². The van der Waals surface area contributed by atoms with E-state index in [1.807, 2.05) is 17.0 Å². The Labute approximate surface area is 174 Å². The minimum absolute atomic E-state index is 0. The van der Waals surface area contributed by atoms with Gasteiger partial charge in [0.1, 0.15) is 0 Å². The van der Waals surface area contributed by atoms with Crippen molar-refractivity contribution in [1.29, 1.82) is 0 Å². The van der Waals surface area contributed by atoms with E-state index >= 15 is 0 Å². The molecule has 0 unspecified atom stereocenters. The van der Waals surface area contributed by atoms with Gasteiger partial charge in [-0.2, -0.15) is 0 Å². The fourth-order valence-corrected chi connectivity index (χ4v) is 3.62. The first kappa shape index (κ1) is 24.4. The van der Waals surface area contributed by atoms with Gasteiger partial charge in [-0.25, -0.2) is 0 Å². The van der Waals surface area contributed by atoms with Crippen molar-refractivity contribution in [3.63, 3.8) is 0 Å². The van der Waals surface area contributed by atoms with Gasteiger partial charge in [-0.1, -0.05) is 13.8 Å². The van der Waals surface area contributed by atoms with E-state index in [9.17, 15) is 9.59 Å². The highest BCUT2D eigenvalue weighted by molar-refractivity contribution is 5.97. The second-order valence-electron chi connectivity index (χ2n) is 7.29. The number of piperidine rings is 1. The lowest BCUT2D eigenvalue weighted by Crippen LogP contribution is -2.47. The van der Waals surface area contributed by atoms with Gasteiger partial charge in [0.15, 0.2) is 0 Å². The summed E-state index contributed by atoms with van der Waals surface area (Å²) in [4.78, 5) is 27.4. The fourth-order valence-electron chi connectivity index (χ4n) is 3.62. The molecule has 1 aliphatic rings. The van der Waals surface area contributed by atoms with Crippen LogP contribution in [0.4, 0.5) is 5.69 Å². The molecule has 7 heteroatoms. The lowest BCUT2D eigenvalue weighted by atomic mass is 9.78. The molecule has 2 rings (SSSR count). The Kier molecular flexibility index (Phi) is 10.5. The molecule has 0 radical (unpaired) electrons. The molecular formula is C21H34ClN3O3. The molecule has 0 saturated carbocycles. The van der Waals surface area contributed by atoms with Gasteiger partial charge < -0.3 is 20.3 Å². The monoisotopic (exact) mass is 411 g/mol. The van der Waals surface area contributed by atoms with Crippen molar-refractivity contribution < 1.29 is 14.3 Å². The van der Waals surface area contributed by atoms with Crippen molar-refractivity contribution in [2.45, 2.75) is 39.5 Å². The average molecular weight is 412 g/mol. The highest BCUT2D eigenvalue weighted by Gasteiger charge is 2.39. The van der Waals surface area contributed by atoms with Gasteiger partial charge in [-0.3, -0.25) is 9.59 Å². The van der Waals surface area contributed by atoms with E-state index in [2.05, 4.69) is 24.5 Å². The zero-order chi connectivity index (χ0) is 19.7. The van der Waals surface area contributed by atoms with Crippen LogP contribution < -0.4 is 10.6 Å². The summed E-state index contributed by atoms with van der Waals surface area (Å²) >= 11 is 0. The highest BCUT2D eigenvalue weighted by atomic mass is 35.5. The van der Waals surface area contributed by atoms with Gasteiger partial charge in [0, 0.05) is 31.5 Å². The van der Waals surface area contributed by atoms with E-state index in [1.165, 1.54) is 0 Å². The van der Waals surface area contributed by atoms with Gasteiger partial charge in [-0.05, 0) is 63.0 Å². The summed E-state index contributed by atoms with van der Waals surface area (Å²) in [5.74, 6) is 0.0364. The maximum atomic E-state index is 12.9. The molecule has 1 heterocycles. The van der Waals surface area contributed by atoms with E-state index in [-0.39, 0.29) is 24.2 Å². The van der Waals surface area contributed by atoms with E-state index in [0.29, 0.717) is 17.9 Å². The number of methoxy groups -OCH3 is 1. The Balaban J connectivity index is 0.00000392. The molecule has 2 amide bonds. The van der Waals surface area contributed by atoms with Gasteiger partial charge in [0.25, 0.3) is 5.91 Å². The third-order valence-corrected chi connectivity index (χ3v) is 5.13. The zero-order valence-corrected chi connectivity index (χ0v) is 18.1. The van der Waals surface area contributed by atoms with Gasteiger partial charge in [0.2, 0.25) is 5.91 Å². The van der Waals surface area contributed by atoms with Crippen LogP contribution in [-0.4, -0.2) is 56.6 Å². The Morgan fingerprint density at radius 3 is 2.18 bits per heavy atom. The Bertz CT molecular complexity index is 604. The minimum Gasteiger partial charge on any atom is -0.384 e. The quantitative estimate of drug-likeness (QED) is 0.653. The molecule has 0 aliphatic carbocycles. The largest absolute Gasteiger partial charge is 0.384 e. The first-order valence-electron chi connectivity index (χ1n) is 9.96. The number of hydrogen-bond acceptors (Lipinski definition) is 4. The van der Waals surface area contributed by atoms with E-state index in [4.69, 9.17) is 4.74 Å². The molecule has 1 fully saturated rings. The van der Waals surface area contributed by atoms with Crippen LogP contribution in [0.2, 0.25) is 0 Å². The number of amides is 2.